The maximum absolute atomic E-state index is 12.2. The Morgan fingerprint density at radius 3 is 2.89 bits per heavy atom. The number of hydrogen-bond donors (Lipinski definition) is 1. The van der Waals surface area contributed by atoms with Gasteiger partial charge < -0.3 is 10.2 Å². The summed E-state index contributed by atoms with van der Waals surface area (Å²) in [5.41, 5.74) is 0.397. The first-order valence-corrected chi connectivity index (χ1v) is 6.49. The Labute approximate surface area is 112 Å². The summed E-state index contributed by atoms with van der Waals surface area (Å²) in [5.74, 6) is 0.414. The van der Waals surface area contributed by atoms with Crippen molar-refractivity contribution in [2.24, 2.45) is 0 Å². The van der Waals surface area contributed by atoms with Crippen molar-refractivity contribution in [3.63, 3.8) is 0 Å². The third-order valence-electron chi connectivity index (χ3n) is 3.23. The monoisotopic (exact) mass is 259 g/mol. The Kier molecular flexibility index (Phi) is 4.29. The summed E-state index contributed by atoms with van der Waals surface area (Å²) in [5, 5.41) is 19.5. The highest BCUT2D eigenvalue weighted by molar-refractivity contribution is 5.84. The number of rotatable bonds is 3. The Balaban J connectivity index is 2.02. The van der Waals surface area contributed by atoms with Crippen LogP contribution in [0.4, 0.5) is 5.82 Å². The lowest BCUT2D eigenvalue weighted by molar-refractivity contribution is -0.132. The first kappa shape index (κ1) is 13.3. The lowest BCUT2D eigenvalue weighted by atomic mass is 10.1. The second-order valence-electron chi connectivity index (χ2n) is 4.66. The number of amides is 1. The summed E-state index contributed by atoms with van der Waals surface area (Å²) >= 11 is 0. The van der Waals surface area contributed by atoms with Crippen LogP contribution in [0.3, 0.4) is 0 Å². The van der Waals surface area contributed by atoms with Gasteiger partial charge in [-0.1, -0.05) is 0 Å². The normalized spacial score (nSPS) is 16.5. The number of carbonyl (C=O) groups excluding carboxylic acids is 1. The fourth-order valence-corrected chi connectivity index (χ4v) is 2.18. The average Bonchev–Trinajstić information content (AvgIpc) is 2.48. The van der Waals surface area contributed by atoms with E-state index in [0.29, 0.717) is 11.4 Å². The van der Waals surface area contributed by atoms with E-state index in [-0.39, 0.29) is 5.91 Å². The van der Waals surface area contributed by atoms with E-state index in [1.807, 2.05) is 11.0 Å². The van der Waals surface area contributed by atoms with Crippen molar-refractivity contribution in [1.29, 1.82) is 5.26 Å². The Bertz CT molecular complexity index is 490. The molecule has 19 heavy (non-hydrogen) atoms. The molecule has 0 saturated carbocycles. The largest absolute Gasteiger partial charge is 0.356 e. The van der Waals surface area contributed by atoms with Gasteiger partial charge in [0.15, 0.2) is 5.82 Å². The minimum atomic E-state index is -0.401. The predicted molar refractivity (Wildman–Crippen MR) is 70.3 cm³/mol. The van der Waals surface area contributed by atoms with Crippen LogP contribution in [0.15, 0.2) is 12.3 Å². The van der Waals surface area contributed by atoms with Crippen LogP contribution >= 0.6 is 0 Å². The topological polar surface area (TPSA) is 81.9 Å². The van der Waals surface area contributed by atoms with Gasteiger partial charge in [-0.3, -0.25) is 4.79 Å². The summed E-state index contributed by atoms with van der Waals surface area (Å²) in [6, 6.07) is 3.21. The van der Waals surface area contributed by atoms with Crippen LogP contribution in [0.2, 0.25) is 0 Å². The summed E-state index contributed by atoms with van der Waals surface area (Å²) in [4.78, 5) is 14.1. The van der Waals surface area contributed by atoms with Crippen LogP contribution < -0.4 is 5.32 Å². The Morgan fingerprint density at radius 2 is 2.21 bits per heavy atom. The molecule has 1 atom stereocenters. The van der Waals surface area contributed by atoms with Crippen molar-refractivity contribution in [2.45, 2.75) is 32.2 Å². The molecule has 6 nitrogen and oxygen atoms in total. The molecule has 0 spiro atoms. The van der Waals surface area contributed by atoms with Gasteiger partial charge >= 0.3 is 0 Å². The average molecular weight is 259 g/mol. The molecule has 6 heteroatoms. The van der Waals surface area contributed by atoms with Crippen molar-refractivity contribution < 1.29 is 4.79 Å². The van der Waals surface area contributed by atoms with Gasteiger partial charge in [-0.25, -0.2) is 0 Å². The second-order valence-corrected chi connectivity index (χ2v) is 4.66. The third kappa shape index (κ3) is 3.19. The van der Waals surface area contributed by atoms with Crippen LogP contribution in [0.1, 0.15) is 31.7 Å². The molecular weight excluding hydrogens is 242 g/mol. The highest BCUT2D eigenvalue weighted by atomic mass is 16.2. The molecule has 1 aromatic heterocycles. The molecule has 0 aliphatic carbocycles. The zero-order valence-electron chi connectivity index (χ0n) is 11.0. The minimum absolute atomic E-state index is 0.0502. The van der Waals surface area contributed by atoms with Gasteiger partial charge in [-0.15, -0.1) is 5.10 Å². The van der Waals surface area contributed by atoms with Gasteiger partial charge in [-0.05, 0) is 32.3 Å². The van der Waals surface area contributed by atoms with Gasteiger partial charge in [0, 0.05) is 13.1 Å². The van der Waals surface area contributed by atoms with E-state index in [4.69, 9.17) is 5.26 Å². The quantitative estimate of drug-likeness (QED) is 0.880. The zero-order chi connectivity index (χ0) is 13.7. The lowest BCUT2D eigenvalue weighted by Gasteiger charge is -2.29. The van der Waals surface area contributed by atoms with Gasteiger partial charge in [0.05, 0.1) is 11.8 Å². The molecule has 2 rings (SSSR count). The molecule has 1 N–H and O–H groups in total. The predicted octanol–water partition coefficient (Wildman–Crippen LogP) is 1.16. The van der Waals surface area contributed by atoms with Crippen molar-refractivity contribution >= 4 is 11.7 Å². The molecule has 1 aromatic rings. The fourth-order valence-electron chi connectivity index (χ4n) is 2.18. The van der Waals surface area contributed by atoms with Crippen LogP contribution in [-0.2, 0) is 4.79 Å². The van der Waals surface area contributed by atoms with E-state index >= 15 is 0 Å². The molecule has 1 aliphatic rings. The molecule has 2 heterocycles. The molecule has 1 saturated heterocycles. The molecule has 0 bridgehead atoms. The van der Waals surface area contributed by atoms with E-state index < -0.39 is 6.04 Å². The standard InChI is InChI=1S/C13H17N5O/c1-10(13(19)18-7-3-2-4-8-18)16-12-11(9-14)5-6-15-17-12/h5-6,10H,2-4,7-8H2,1H3,(H,16,17). The van der Waals surface area contributed by atoms with Crippen molar-refractivity contribution in [3.05, 3.63) is 17.8 Å². The van der Waals surface area contributed by atoms with Gasteiger partial charge in [0.25, 0.3) is 0 Å². The molecule has 1 amide bonds. The van der Waals surface area contributed by atoms with Gasteiger partial charge in [0.1, 0.15) is 12.1 Å². The molecule has 1 aliphatic heterocycles. The number of nitrogens with one attached hydrogen (secondary N) is 1. The fraction of sp³-hybridized carbons (Fsp3) is 0.538. The first-order valence-electron chi connectivity index (χ1n) is 6.49. The van der Waals surface area contributed by atoms with E-state index in [1.165, 1.54) is 12.6 Å². The van der Waals surface area contributed by atoms with E-state index in [0.717, 1.165) is 25.9 Å². The third-order valence-corrected chi connectivity index (χ3v) is 3.23. The van der Waals surface area contributed by atoms with Crippen molar-refractivity contribution in [3.8, 4) is 6.07 Å². The van der Waals surface area contributed by atoms with Crippen molar-refractivity contribution in [1.82, 2.24) is 15.1 Å². The first-order chi connectivity index (χ1) is 9.22. The molecule has 1 unspecified atom stereocenters. The van der Waals surface area contributed by atoms with Crippen molar-refractivity contribution in [2.75, 3.05) is 18.4 Å². The number of carbonyl (C=O) groups is 1. The number of hydrogen-bond acceptors (Lipinski definition) is 5. The second kappa shape index (κ2) is 6.14. The smallest absolute Gasteiger partial charge is 0.244 e. The summed E-state index contributed by atoms with van der Waals surface area (Å²) < 4.78 is 0. The Morgan fingerprint density at radius 1 is 1.47 bits per heavy atom. The number of aromatic nitrogens is 2. The summed E-state index contributed by atoms with van der Waals surface area (Å²) in [6.07, 6.45) is 4.77. The highest BCUT2D eigenvalue weighted by Gasteiger charge is 2.22. The highest BCUT2D eigenvalue weighted by Crippen LogP contribution is 2.13. The van der Waals surface area contributed by atoms with Crippen LogP contribution in [-0.4, -0.2) is 40.1 Å². The number of nitrogens with zero attached hydrogens (tertiary/aromatic N) is 4. The zero-order valence-corrected chi connectivity index (χ0v) is 11.0. The SMILES string of the molecule is CC(Nc1nnccc1C#N)C(=O)N1CCCCC1. The molecule has 0 radical (unpaired) electrons. The summed E-state index contributed by atoms with van der Waals surface area (Å²) in [7, 11) is 0. The Hall–Kier alpha value is -2.16. The van der Waals surface area contributed by atoms with Crippen LogP contribution in [0.5, 0.6) is 0 Å². The van der Waals surface area contributed by atoms with Gasteiger partial charge in [0.2, 0.25) is 5.91 Å². The molecular formula is C13H17N5O. The van der Waals surface area contributed by atoms with E-state index in [1.54, 1.807) is 13.0 Å². The minimum Gasteiger partial charge on any atom is -0.356 e. The van der Waals surface area contributed by atoms with Gasteiger partial charge in [-0.2, -0.15) is 10.4 Å². The molecule has 0 aromatic carbocycles. The number of nitriles is 1. The van der Waals surface area contributed by atoms with Crippen LogP contribution in [0.25, 0.3) is 0 Å². The number of piperidine rings is 1. The number of anilines is 1. The lowest BCUT2D eigenvalue weighted by Crippen LogP contribution is -2.44. The molecule has 1 fully saturated rings. The van der Waals surface area contributed by atoms with E-state index in [9.17, 15) is 4.79 Å². The van der Waals surface area contributed by atoms with Crippen LogP contribution in [0, 0.1) is 11.3 Å². The van der Waals surface area contributed by atoms with E-state index in [2.05, 4.69) is 15.5 Å². The maximum Gasteiger partial charge on any atom is 0.244 e. The summed E-state index contributed by atoms with van der Waals surface area (Å²) in [6.45, 7) is 3.42. The molecule has 100 valence electrons. The number of likely N-dealkylation sites (tertiary alicyclic amines) is 1. The maximum atomic E-state index is 12.2.